The Kier molecular flexibility index (Phi) is 5.86. The molecule has 1 saturated heterocycles. The highest BCUT2D eigenvalue weighted by atomic mass is 16.2. The number of hydrogen-bond acceptors (Lipinski definition) is 3. The molecule has 5 nitrogen and oxygen atoms in total. The molecule has 1 aliphatic heterocycles. The standard InChI is InChI=1S/C29H27N3O2/c1-31(20-23-16-17-24-12-8-9-13-25(24)18-23)21-32-27(33)29(30-28(32)34,26-14-6-3-7-15-26)19-22-10-4-2-5-11-22/h2-18H,19-21H2,1H3,(H,30,34)/t29-/m0/s1. The number of nitrogens with one attached hydrogen (secondary N) is 1. The smallest absolute Gasteiger partial charge is 0.319 e. The molecule has 0 aromatic heterocycles. The monoisotopic (exact) mass is 449 g/mol. The van der Waals surface area contributed by atoms with Crippen LogP contribution in [0.2, 0.25) is 0 Å². The third-order valence-electron chi connectivity index (χ3n) is 6.40. The first-order chi connectivity index (χ1) is 16.5. The van der Waals surface area contributed by atoms with E-state index in [2.05, 4.69) is 35.6 Å². The Morgan fingerprint density at radius 2 is 1.41 bits per heavy atom. The number of hydrogen-bond donors (Lipinski definition) is 1. The zero-order valence-corrected chi connectivity index (χ0v) is 19.1. The van der Waals surface area contributed by atoms with Gasteiger partial charge in [0.15, 0.2) is 5.54 Å². The van der Waals surface area contributed by atoms with Crippen LogP contribution in [-0.2, 0) is 23.3 Å². The molecule has 170 valence electrons. The Hall–Kier alpha value is -3.96. The summed E-state index contributed by atoms with van der Waals surface area (Å²) in [5.41, 5.74) is 1.79. The number of fused-ring (bicyclic) bond motifs is 1. The molecule has 1 atom stereocenters. The molecule has 0 radical (unpaired) electrons. The Labute approximate surface area is 199 Å². The van der Waals surface area contributed by atoms with Crippen LogP contribution < -0.4 is 5.32 Å². The average Bonchev–Trinajstić information content (AvgIpc) is 3.10. The molecule has 0 unspecified atom stereocenters. The maximum atomic E-state index is 13.8. The molecule has 5 rings (SSSR count). The minimum atomic E-state index is -1.12. The van der Waals surface area contributed by atoms with Crippen molar-refractivity contribution in [3.63, 3.8) is 0 Å². The number of benzene rings is 4. The zero-order chi connectivity index (χ0) is 23.5. The number of urea groups is 1. The van der Waals surface area contributed by atoms with Crippen molar-refractivity contribution in [1.82, 2.24) is 15.1 Å². The van der Waals surface area contributed by atoms with Gasteiger partial charge in [0, 0.05) is 13.0 Å². The lowest BCUT2D eigenvalue weighted by Crippen LogP contribution is -2.46. The second kappa shape index (κ2) is 9.12. The SMILES string of the molecule is CN(Cc1ccc2ccccc2c1)CN1C(=O)N[C@@](Cc2ccccc2)(c2ccccc2)C1=O. The van der Waals surface area contributed by atoms with Gasteiger partial charge in [0.25, 0.3) is 5.91 Å². The van der Waals surface area contributed by atoms with E-state index < -0.39 is 5.54 Å². The summed E-state index contributed by atoms with van der Waals surface area (Å²) in [6.07, 6.45) is 0.396. The number of carbonyl (C=O) groups is 2. The molecular formula is C29H27N3O2. The number of carbonyl (C=O) groups excluding carboxylic acids is 2. The van der Waals surface area contributed by atoms with E-state index in [0.29, 0.717) is 13.0 Å². The van der Waals surface area contributed by atoms with Crippen LogP contribution in [0.1, 0.15) is 16.7 Å². The molecule has 4 aromatic carbocycles. The van der Waals surface area contributed by atoms with E-state index in [-0.39, 0.29) is 18.6 Å². The number of imide groups is 1. The molecular weight excluding hydrogens is 422 g/mol. The lowest BCUT2D eigenvalue weighted by atomic mass is 9.83. The molecule has 1 N–H and O–H groups in total. The summed E-state index contributed by atoms with van der Waals surface area (Å²) >= 11 is 0. The molecule has 0 saturated carbocycles. The van der Waals surface area contributed by atoms with Crippen LogP contribution in [0.5, 0.6) is 0 Å². The van der Waals surface area contributed by atoms with Crippen molar-refractivity contribution >= 4 is 22.7 Å². The quantitative estimate of drug-likeness (QED) is 0.408. The van der Waals surface area contributed by atoms with Crippen molar-refractivity contribution in [2.45, 2.75) is 18.5 Å². The number of rotatable bonds is 7. The fourth-order valence-corrected chi connectivity index (χ4v) is 4.74. The summed E-state index contributed by atoms with van der Waals surface area (Å²) in [5.74, 6) is -0.224. The van der Waals surface area contributed by atoms with E-state index in [4.69, 9.17) is 0 Å². The second-order valence-corrected chi connectivity index (χ2v) is 8.93. The third kappa shape index (κ3) is 4.18. The molecule has 0 bridgehead atoms. The topological polar surface area (TPSA) is 52.6 Å². The van der Waals surface area contributed by atoms with Crippen LogP contribution in [0.4, 0.5) is 4.79 Å². The summed E-state index contributed by atoms with van der Waals surface area (Å²) < 4.78 is 0. The van der Waals surface area contributed by atoms with Gasteiger partial charge in [-0.3, -0.25) is 9.69 Å². The van der Waals surface area contributed by atoms with Crippen LogP contribution in [0.25, 0.3) is 10.8 Å². The van der Waals surface area contributed by atoms with Crippen molar-refractivity contribution in [3.05, 3.63) is 120 Å². The molecule has 1 heterocycles. The average molecular weight is 450 g/mol. The largest absolute Gasteiger partial charge is 0.326 e. The lowest BCUT2D eigenvalue weighted by Gasteiger charge is -2.28. The highest BCUT2D eigenvalue weighted by molar-refractivity contribution is 6.07. The Balaban J connectivity index is 1.38. The Morgan fingerprint density at radius 3 is 2.15 bits per heavy atom. The van der Waals surface area contributed by atoms with Crippen LogP contribution in [-0.4, -0.2) is 35.5 Å². The van der Waals surface area contributed by atoms with Gasteiger partial charge in [0.05, 0.1) is 6.67 Å². The van der Waals surface area contributed by atoms with Crippen LogP contribution in [0, 0.1) is 0 Å². The first kappa shape index (κ1) is 21.9. The number of amides is 3. The molecule has 34 heavy (non-hydrogen) atoms. The van der Waals surface area contributed by atoms with E-state index in [9.17, 15) is 9.59 Å². The predicted molar refractivity (Wildman–Crippen MR) is 134 cm³/mol. The number of nitrogens with zero attached hydrogens (tertiary/aromatic N) is 2. The molecule has 4 aromatic rings. The molecule has 0 aliphatic carbocycles. The third-order valence-corrected chi connectivity index (χ3v) is 6.40. The first-order valence-electron chi connectivity index (χ1n) is 11.4. The molecule has 0 spiro atoms. The minimum Gasteiger partial charge on any atom is -0.319 e. The minimum absolute atomic E-state index is 0.209. The fraction of sp³-hybridized carbons (Fsp3) is 0.172. The normalized spacial score (nSPS) is 18.0. The zero-order valence-electron chi connectivity index (χ0n) is 19.1. The summed E-state index contributed by atoms with van der Waals surface area (Å²) in [5, 5.41) is 5.40. The van der Waals surface area contributed by atoms with Crippen LogP contribution in [0.15, 0.2) is 103 Å². The fourth-order valence-electron chi connectivity index (χ4n) is 4.74. The summed E-state index contributed by atoms with van der Waals surface area (Å²) in [4.78, 5) is 30.2. The van der Waals surface area contributed by atoms with Gasteiger partial charge in [-0.15, -0.1) is 0 Å². The van der Waals surface area contributed by atoms with Gasteiger partial charge >= 0.3 is 6.03 Å². The molecule has 1 aliphatic rings. The Bertz CT molecular complexity index is 1320. The summed E-state index contributed by atoms with van der Waals surface area (Å²) in [6.45, 7) is 0.833. The second-order valence-electron chi connectivity index (χ2n) is 8.93. The summed E-state index contributed by atoms with van der Waals surface area (Å²) in [7, 11) is 1.93. The van der Waals surface area contributed by atoms with Gasteiger partial charge in [-0.2, -0.15) is 0 Å². The van der Waals surface area contributed by atoms with Crippen molar-refractivity contribution in [2.75, 3.05) is 13.7 Å². The van der Waals surface area contributed by atoms with Gasteiger partial charge in [-0.25, -0.2) is 9.69 Å². The van der Waals surface area contributed by atoms with Crippen molar-refractivity contribution in [3.8, 4) is 0 Å². The van der Waals surface area contributed by atoms with E-state index in [1.165, 1.54) is 15.7 Å². The highest BCUT2D eigenvalue weighted by Crippen LogP contribution is 2.33. The maximum Gasteiger partial charge on any atom is 0.326 e. The highest BCUT2D eigenvalue weighted by Gasteiger charge is 2.52. The van der Waals surface area contributed by atoms with Gasteiger partial charge in [0.2, 0.25) is 0 Å². The van der Waals surface area contributed by atoms with E-state index >= 15 is 0 Å². The van der Waals surface area contributed by atoms with Crippen molar-refractivity contribution < 1.29 is 9.59 Å². The lowest BCUT2D eigenvalue weighted by molar-refractivity contribution is -0.133. The van der Waals surface area contributed by atoms with E-state index in [1.807, 2.05) is 84.7 Å². The molecule has 1 fully saturated rings. The maximum absolute atomic E-state index is 13.8. The van der Waals surface area contributed by atoms with Crippen LogP contribution >= 0.6 is 0 Å². The van der Waals surface area contributed by atoms with Gasteiger partial charge in [0.1, 0.15) is 0 Å². The van der Waals surface area contributed by atoms with E-state index in [0.717, 1.165) is 16.7 Å². The summed E-state index contributed by atoms with van der Waals surface area (Å²) in [6, 6.07) is 33.6. The van der Waals surface area contributed by atoms with Crippen molar-refractivity contribution in [2.24, 2.45) is 0 Å². The van der Waals surface area contributed by atoms with Crippen molar-refractivity contribution in [1.29, 1.82) is 0 Å². The van der Waals surface area contributed by atoms with Gasteiger partial charge in [-0.05, 0) is 40.6 Å². The molecule has 5 heteroatoms. The van der Waals surface area contributed by atoms with Gasteiger partial charge in [-0.1, -0.05) is 97.1 Å². The first-order valence-corrected chi connectivity index (χ1v) is 11.4. The van der Waals surface area contributed by atoms with E-state index in [1.54, 1.807) is 0 Å². The predicted octanol–water partition coefficient (Wildman–Crippen LogP) is 4.92. The Morgan fingerprint density at radius 1 is 0.765 bits per heavy atom. The van der Waals surface area contributed by atoms with Crippen LogP contribution in [0.3, 0.4) is 0 Å². The van der Waals surface area contributed by atoms with Gasteiger partial charge < -0.3 is 5.32 Å². The molecule has 3 amide bonds.